The predicted octanol–water partition coefficient (Wildman–Crippen LogP) is 3.68. The second-order valence-corrected chi connectivity index (χ2v) is 5.30. The molecule has 3 heteroatoms. The average Bonchev–Trinajstić information content (AvgIpc) is 2.55. The van der Waals surface area contributed by atoms with Gasteiger partial charge in [-0.2, -0.15) is 0 Å². The van der Waals surface area contributed by atoms with Crippen molar-refractivity contribution in [3.63, 3.8) is 0 Å². The van der Waals surface area contributed by atoms with Crippen LogP contribution in [0.4, 0.5) is 11.4 Å². The van der Waals surface area contributed by atoms with Crippen molar-refractivity contribution in [2.75, 3.05) is 23.3 Å². The Morgan fingerprint density at radius 2 is 1.60 bits per heavy atom. The van der Waals surface area contributed by atoms with Crippen LogP contribution < -0.4 is 10.2 Å². The Morgan fingerprint density at radius 1 is 0.900 bits per heavy atom. The number of nitrogens with one attached hydrogen (secondary N) is 1. The molecule has 1 fully saturated rings. The molecule has 1 aromatic heterocycles. The number of aromatic nitrogens is 1. The van der Waals surface area contributed by atoms with Crippen molar-refractivity contribution in [1.29, 1.82) is 0 Å². The lowest BCUT2D eigenvalue weighted by molar-refractivity contribution is 0.578. The fourth-order valence-corrected chi connectivity index (χ4v) is 2.65. The lowest BCUT2D eigenvalue weighted by atomic mass is 10.1. The number of nitrogens with zero attached hydrogens (tertiary/aromatic N) is 2. The first-order valence-corrected chi connectivity index (χ1v) is 7.39. The van der Waals surface area contributed by atoms with Gasteiger partial charge in [0.25, 0.3) is 0 Å². The van der Waals surface area contributed by atoms with Crippen LogP contribution in [0.15, 0.2) is 48.8 Å². The zero-order chi connectivity index (χ0) is 13.6. The molecular formula is C17H21N3. The van der Waals surface area contributed by atoms with Gasteiger partial charge in [0, 0.05) is 43.4 Å². The molecule has 0 aliphatic carbocycles. The van der Waals surface area contributed by atoms with Crippen LogP contribution in [-0.2, 0) is 6.54 Å². The lowest BCUT2D eigenvalue weighted by Gasteiger charge is -2.28. The number of hydrogen-bond donors (Lipinski definition) is 1. The summed E-state index contributed by atoms with van der Waals surface area (Å²) in [6.07, 6.45) is 7.68. The Labute approximate surface area is 120 Å². The van der Waals surface area contributed by atoms with E-state index in [1.54, 1.807) is 0 Å². The van der Waals surface area contributed by atoms with Crippen LogP contribution in [0.25, 0.3) is 0 Å². The topological polar surface area (TPSA) is 28.2 Å². The second-order valence-electron chi connectivity index (χ2n) is 5.30. The van der Waals surface area contributed by atoms with E-state index in [-0.39, 0.29) is 0 Å². The monoisotopic (exact) mass is 267 g/mol. The molecule has 0 bridgehead atoms. The molecule has 0 unspecified atom stereocenters. The fraction of sp³-hybridized carbons (Fsp3) is 0.353. The first-order valence-electron chi connectivity index (χ1n) is 7.39. The van der Waals surface area contributed by atoms with Crippen LogP contribution >= 0.6 is 0 Å². The number of anilines is 2. The van der Waals surface area contributed by atoms with Crippen LogP contribution in [0.2, 0.25) is 0 Å². The Bertz CT molecular complexity index is 516. The van der Waals surface area contributed by atoms with Gasteiger partial charge in [0.05, 0.1) is 0 Å². The minimum absolute atomic E-state index is 0.839. The van der Waals surface area contributed by atoms with E-state index in [2.05, 4.69) is 39.5 Å². The van der Waals surface area contributed by atoms with Crippen molar-refractivity contribution in [3.8, 4) is 0 Å². The minimum atomic E-state index is 0.839. The van der Waals surface area contributed by atoms with E-state index >= 15 is 0 Å². The summed E-state index contributed by atoms with van der Waals surface area (Å²) in [6, 6.07) is 12.9. The molecule has 1 saturated heterocycles. The number of pyridine rings is 1. The molecule has 104 valence electrons. The van der Waals surface area contributed by atoms with Gasteiger partial charge in [-0.3, -0.25) is 4.98 Å². The van der Waals surface area contributed by atoms with Crippen LogP contribution in [-0.4, -0.2) is 18.1 Å². The van der Waals surface area contributed by atoms with Crippen molar-refractivity contribution >= 4 is 11.4 Å². The smallest absolute Gasteiger partial charge is 0.0401 e. The van der Waals surface area contributed by atoms with Gasteiger partial charge in [-0.15, -0.1) is 0 Å². The highest BCUT2D eigenvalue weighted by atomic mass is 15.1. The molecule has 0 saturated carbocycles. The largest absolute Gasteiger partial charge is 0.381 e. The third-order valence-electron chi connectivity index (χ3n) is 3.83. The van der Waals surface area contributed by atoms with Crippen LogP contribution in [0.3, 0.4) is 0 Å². The van der Waals surface area contributed by atoms with E-state index in [1.807, 2.05) is 24.5 Å². The van der Waals surface area contributed by atoms with Crippen molar-refractivity contribution in [2.24, 2.45) is 0 Å². The van der Waals surface area contributed by atoms with Crippen LogP contribution in [0.5, 0.6) is 0 Å². The molecule has 1 N–H and O–H groups in total. The summed E-state index contributed by atoms with van der Waals surface area (Å²) in [5, 5.41) is 3.44. The summed E-state index contributed by atoms with van der Waals surface area (Å²) in [4.78, 5) is 6.51. The molecule has 1 aromatic carbocycles. The quantitative estimate of drug-likeness (QED) is 0.916. The molecule has 20 heavy (non-hydrogen) atoms. The van der Waals surface area contributed by atoms with Gasteiger partial charge in [-0.25, -0.2) is 0 Å². The van der Waals surface area contributed by atoms with E-state index in [0.29, 0.717) is 0 Å². The zero-order valence-electron chi connectivity index (χ0n) is 11.8. The molecule has 0 spiro atoms. The molecule has 0 radical (unpaired) electrons. The Hall–Kier alpha value is -2.03. The summed E-state index contributed by atoms with van der Waals surface area (Å²) < 4.78 is 0. The van der Waals surface area contributed by atoms with Crippen molar-refractivity contribution in [1.82, 2.24) is 4.98 Å². The third-order valence-corrected chi connectivity index (χ3v) is 3.83. The number of piperidine rings is 1. The van der Waals surface area contributed by atoms with Gasteiger partial charge in [-0.1, -0.05) is 0 Å². The molecule has 1 aliphatic rings. The first-order chi connectivity index (χ1) is 9.92. The molecule has 3 rings (SSSR count). The third kappa shape index (κ3) is 3.29. The van der Waals surface area contributed by atoms with Gasteiger partial charge in [0.2, 0.25) is 0 Å². The maximum absolute atomic E-state index is 4.03. The van der Waals surface area contributed by atoms with E-state index in [0.717, 1.165) is 6.54 Å². The SMILES string of the molecule is c1cc(CNc2ccc(N3CCCCC3)cc2)ccn1. The Balaban J connectivity index is 1.58. The number of rotatable bonds is 4. The molecule has 2 heterocycles. The summed E-state index contributed by atoms with van der Waals surface area (Å²) in [7, 11) is 0. The average molecular weight is 267 g/mol. The van der Waals surface area contributed by atoms with E-state index in [9.17, 15) is 0 Å². The van der Waals surface area contributed by atoms with Gasteiger partial charge in [0.15, 0.2) is 0 Å². The van der Waals surface area contributed by atoms with Crippen molar-refractivity contribution in [2.45, 2.75) is 25.8 Å². The standard InChI is InChI=1S/C17H21N3/c1-2-12-20(13-3-1)17-6-4-16(5-7-17)19-14-15-8-10-18-11-9-15/h4-11,19H,1-3,12-14H2. The highest BCUT2D eigenvalue weighted by molar-refractivity contribution is 5.55. The second kappa shape index (κ2) is 6.42. The van der Waals surface area contributed by atoms with Gasteiger partial charge >= 0.3 is 0 Å². The first kappa shape index (κ1) is 13.0. The van der Waals surface area contributed by atoms with Crippen molar-refractivity contribution in [3.05, 3.63) is 54.4 Å². The van der Waals surface area contributed by atoms with Crippen LogP contribution in [0, 0.1) is 0 Å². The molecular weight excluding hydrogens is 246 g/mol. The minimum Gasteiger partial charge on any atom is -0.381 e. The van der Waals surface area contributed by atoms with E-state index < -0.39 is 0 Å². The molecule has 0 atom stereocenters. The maximum atomic E-state index is 4.03. The summed E-state index contributed by atoms with van der Waals surface area (Å²) in [5.41, 5.74) is 3.77. The van der Waals surface area contributed by atoms with Gasteiger partial charge in [0.1, 0.15) is 0 Å². The maximum Gasteiger partial charge on any atom is 0.0401 e. The summed E-state index contributed by atoms with van der Waals surface area (Å²) >= 11 is 0. The number of benzene rings is 1. The van der Waals surface area contributed by atoms with Crippen molar-refractivity contribution < 1.29 is 0 Å². The van der Waals surface area contributed by atoms with Gasteiger partial charge < -0.3 is 10.2 Å². The molecule has 2 aromatic rings. The highest BCUT2D eigenvalue weighted by Gasteiger charge is 2.10. The summed E-state index contributed by atoms with van der Waals surface area (Å²) in [5.74, 6) is 0. The Kier molecular flexibility index (Phi) is 4.16. The molecule has 1 aliphatic heterocycles. The van der Waals surface area contributed by atoms with Crippen LogP contribution in [0.1, 0.15) is 24.8 Å². The number of hydrogen-bond acceptors (Lipinski definition) is 3. The highest BCUT2D eigenvalue weighted by Crippen LogP contribution is 2.22. The molecule has 0 amide bonds. The Morgan fingerprint density at radius 3 is 2.30 bits per heavy atom. The normalized spacial score (nSPS) is 15.1. The zero-order valence-corrected chi connectivity index (χ0v) is 11.8. The van der Waals surface area contributed by atoms with Gasteiger partial charge in [-0.05, 0) is 61.2 Å². The van der Waals surface area contributed by atoms with E-state index in [1.165, 1.54) is 49.3 Å². The summed E-state index contributed by atoms with van der Waals surface area (Å²) in [6.45, 7) is 3.24. The fourth-order valence-electron chi connectivity index (χ4n) is 2.65. The van der Waals surface area contributed by atoms with E-state index in [4.69, 9.17) is 0 Å². The lowest BCUT2D eigenvalue weighted by Crippen LogP contribution is -2.29. The predicted molar refractivity (Wildman–Crippen MR) is 84.1 cm³/mol. The molecule has 3 nitrogen and oxygen atoms in total.